The second-order valence-electron chi connectivity index (χ2n) is 5.67. The summed E-state index contributed by atoms with van der Waals surface area (Å²) >= 11 is 2.09. The molecule has 0 spiro atoms. The van der Waals surface area contributed by atoms with Crippen molar-refractivity contribution in [2.45, 2.75) is 45.6 Å². The van der Waals surface area contributed by atoms with Crippen LogP contribution in [0.25, 0.3) is 0 Å². The van der Waals surface area contributed by atoms with Crippen LogP contribution in [0.5, 0.6) is 0 Å². The van der Waals surface area contributed by atoms with Gasteiger partial charge in [0.25, 0.3) is 0 Å². The van der Waals surface area contributed by atoms with Crippen molar-refractivity contribution in [2.24, 2.45) is 11.7 Å². The SMILES string of the molecule is Cc1ccc(CC(N)CC2CCSCC2)cc1C. The molecular formula is C16H25NS. The van der Waals surface area contributed by atoms with Crippen LogP contribution in [0.3, 0.4) is 0 Å². The van der Waals surface area contributed by atoms with Gasteiger partial charge in [-0.2, -0.15) is 11.8 Å². The lowest BCUT2D eigenvalue weighted by Crippen LogP contribution is -2.27. The zero-order valence-corrected chi connectivity index (χ0v) is 12.4. The first-order valence-electron chi connectivity index (χ1n) is 7.04. The summed E-state index contributed by atoms with van der Waals surface area (Å²) < 4.78 is 0. The Balaban J connectivity index is 1.85. The number of thioether (sulfide) groups is 1. The fourth-order valence-corrected chi connectivity index (χ4v) is 3.93. The van der Waals surface area contributed by atoms with Crippen molar-refractivity contribution in [2.75, 3.05) is 11.5 Å². The molecule has 0 aliphatic carbocycles. The molecule has 1 unspecified atom stereocenters. The van der Waals surface area contributed by atoms with Gasteiger partial charge in [-0.25, -0.2) is 0 Å². The molecule has 1 fully saturated rings. The Kier molecular flexibility index (Phi) is 5.13. The molecule has 1 aliphatic rings. The van der Waals surface area contributed by atoms with Gasteiger partial charge in [0.15, 0.2) is 0 Å². The maximum absolute atomic E-state index is 6.32. The van der Waals surface area contributed by atoms with Crippen LogP contribution >= 0.6 is 11.8 Å². The minimum absolute atomic E-state index is 0.334. The van der Waals surface area contributed by atoms with E-state index in [9.17, 15) is 0 Å². The van der Waals surface area contributed by atoms with Gasteiger partial charge in [-0.3, -0.25) is 0 Å². The average Bonchev–Trinajstić information content (AvgIpc) is 2.35. The molecule has 1 nitrogen and oxygen atoms in total. The number of benzene rings is 1. The molecule has 0 bridgehead atoms. The van der Waals surface area contributed by atoms with Crippen LogP contribution in [0, 0.1) is 19.8 Å². The Bertz CT molecular complexity index is 383. The molecule has 2 rings (SSSR count). The Labute approximate surface area is 116 Å². The number of aryl methyl sites for hydroxylation is 2. The summed E-state index contributed by atoms with van der Waals surface area (Å²) in [6.45, 7) is 4.35. The van der Waals surface area contributed by atoms with E-state index < -0.39 is 0 Å². The molecule has 1 aliphatic heterocycles. The molecule has 2 N–H and O–H groups in total. The van der Waals surface area contributed by atoms with E-state index >= 15 is 0 Å². The summed E-state index contributed by atoms with van der Waals surface area (Å²) in [5.74, 6) is 3.54. The molecule has 1 atom stereocenters. The van der Waals surface area contributed by atoms with Crippen LogP contribution in [0.4, 0.5) is 0 Å². The van der Waals surface area contributed by atoms with Gasteiger partial charge in [-0.15, -0.1) is 0 Å². The Morgan fingerprint density at radius 2 is 1.94 bits per heavy atom. The van der Waals surface area contributed by atoms with E-state index in [0.717, 1.165) is 12.3 Å². The third-order valence-electron chi connectivity index (χ3n) is 4.05. The predicted molar refractivity (Wildman–Crippen MR) is 82.3 cm³/mol. The molecule has 18 heavy (non-hydrogen) atoms. The third-order valence-corrected chi connectivity index (χ3v) is 5.09. The minimum Gasteiger partial charge on any atom is -0.327 e. The highest BCUT2D eigenvalue weighted by molar-refractivity contribution is 7.99. The van der Waals surface area contributed by atoms with E-state index in [1.165, 1.54) is 47.5 Å². The Morgan fingerprint density at radius 1 is 1.22 bits per heavy atom. The van der Waals surface area contributed by atoms with Crippen molar-refractivity contribution in [3.63, 3.8) is 0 Å². The molecule has 1 saturated heterocycles. The summed E-state index contributed by atoms with van der Waals surface area (Å²) in [7, 11) is 0. The lowest BCUT2D eigenvalue weighted by molar-refractivity contribution is 0.406. The monoisotopic (exact) mass is 263 g/mol. The lowest BCUT2D eigenvalue weighted by Gasteiger charge is -2.24. The van der Waals surface area contributed by atoms with Crippen molar-refractivity contribution < 1.29 is 0 Å². The van der Waals surface area contributed by atoms with Gasteiger partial charge in [-0.05, 0) is 73.6 Å². The van der Waals surface area contributed by atoms with Crippen molar-refractivity contribution in [1.82, 2.24) is 0 Å². The first-order chi connectivity index (χ1) is 8.65. The second kappa shape index (κ2) is 6.63. The van der Waals surface area contributed by atoms with Gasteiger partial charge in [0.1, 0.15) is 0 Å². The smallest absolute Gasteiger partial charge is 0.00819 e. The van der Waals surface area contributed by atoms with E-state index in [4.69, 9.17) is 5.73 Å². The van der Waals surface area contributed by atoms with E-state index in [1.54, 1.807) is 0 Å². The van der Waals surface area contributed by atoms with E-state index in [2.05, 4.69) is 43.8 Å². The van der Waals surface area contributed by atoms with Crippen LogP contribution < -0.4 is 5.73 Å². The third kappa shape index (κ3) is 4.03. The topological polar surface area (TPSA) is 26.0 Å². The van der Waals surface area contributed by atoms with Gasteiger partial charge in [0, 0.05) is 6.04 Å². The number of hydrogen-bond acceptors (Lipinski definition) is 2. The van der Waals surface area contributed by atoms with Gasteiger partial charge in [0.2, 0.25) is 0 Å². The van der Waals surface area contributed by atoms with Crippen molar-refractivity contribution in [3.8, 4) is 0 Å². The number of hydrogen-bond donors (Lipinski definition) is 1. The molecule has 0 aromatic heterocycles. The summed E-state index contributed by atoms with van der Waals surface area (Å²) in [4.78, 5) is 0. The second-order valence-corrected chi connectivity index (χ2v) is 6.90. The maximum Gasteiger partial charge on any atom is 0.00819 e. The van der Waals surface area contributed by atoms with Gasteiger partial charge in [-0.1, -0.05) is 18.2 Å². The fourth-order valence-electron chi connectivity index (χ4n) is 2.73. The van der Waals surface area contributed by atoms with E-state index in [0.29, 0.717) is 6.04 Å². The van der Waals surface area contributed by atoms with Crippen LogP contribution in [-0.4, -0.2) is 17.5 Å². The van der Waals surface area contributed by atoms with Crippen molar-refractivity contribution in [1.29, 1.82) is 0 Å². The van der Waals surface area contributed by atoms with Crippen LogP contribution in [0.1, 0.15) is 36.0 Å². The molecule has 1 aromatic carbocycles. The number of nitrogens with two attached hydrogens (primary N) is 1. The fraction of sp³-hybridized carbons (Fsp3) is 0.625. The predicted octanol–water partition coefficient (Wildman–Crippen LogP) is 3.71. The highest BCUT2D eigenvalue weighted by Crippen LogP contribution is 2.26. The van der Waals surface area contributed by atoms with Gasteiger partial charge in [0.05, 0.1) is 0 Å². The lowest BCUT2D eigenvalue weighted by atomic mass is 9.91. The molecule has 1 heterocycles. The van der Waals surface area contributed by atoms with E-state index in [1.807, 2.05) is 0 Å². The molecule has 0 radical (unpaired) electrons. The van der Waals surface area contributed by atoms with Gasteiger partial charge < -0.3 is 5.73 Å². The van der Waals surface area contributed by atoms with E-state index in [-0.39, 0.29) is 0 Å². The Hall–Kier alpha value is -0.470. The molecule has 2 heteroatoms. The zero-order chi connectivity index (χ0) is 13.0. The summed E-state index contributed by atoms with van der Waals surface area (Å²) in [5.41, 5.74) is 10.5. The first-order valence-corrected chi connectivity index (χ1v) is 8.20. The zero-order valence-electron chi connectivity index (χ0n) is 11.6. The normalized spacial score (nSPS) is 18.8. The summed E-state index contributed by atoms with van der Waals surface area (Å²) in [6, 6.07) is 7.08. The van der Waals surface area contributed by atoms with Crippen LogP contribution in [0.15, 0.2) is 18.2 Å². The van der Waals surface area contributed by atoms with Crippen molar-refractivity contribution in [3.05, 3.63) is 34.9 Å². The number of rotatable bonds is 4. The largest absolute Gasteiger partial charge is 0.327 e. The first kappa shape index (κ1) is 14.0. The van der Waals surface area contributed by atoms with Gasteiger partial charge >= 0.3 is 0 Å². The maximum atomic E-state index is 6.32. The standard InChI is InChI=1S/C16H25NS/c1-12-3-4-15(9-13(12)2)11-16(17)10-14-5-7-18-8-6-14/h3-4,9,14,16H,5-8,10-11,17H2,1-2H3. The average molecular weight is 263 g/mol. The quantitative estimate of drug-likeness (QED) is 0.896. The highest BCUT2D eigenvalue weighted by Gasteiger charge is 2.17. The molecule has 0 amide bonds. The highest BCUT2D eigenvalue weighted by atomic mass is 32.2. The molecule has 1 aromatic rings. The summed E-state index contributed by atoms with van der Waals surface area (Å²) in [5, 5.41) is 0. The minimum atomic E-state index is 0.334. The molecule has 0 saturated carbocycles. The van der Waals surface area contributed by atoms with Crippen LogP contribution in [0.2, 0.25) is 0 Å². The Morgan fingerprint density at radius 3 is 2.61 bits per heavy atom. The van der Waals surface area contributed by atoms with Crippen LogP contribution in [-0.2, 0) is 6.42 Å². The molecular weight excluding hydrogens is 238 g/mol. The summed E-state index contributed by atoms with van der Waals surface area (Å²) in [6.07, 6.45) is 4.97. The van der Waals surface area contributed by atoms with Crippen molar-refractivity contribution >= 4 is 11.8 Å². The molecule has 100 valence electrons.